The minimum atomic E-state index is -0.164. The molecule has 22 heavy (non-hydrogen) atoms. The molecule has 1 aromatic carbocycles. The fraction of sp³-hybridized carbons (Fsp3) is 0.467. The summed E-state index contributed by atoms with van der Waals surface area (Å²) >= 11 is 0. The molecule has 0 aromatic heterocycles. The number of carbonyl (C=O) groups is 1. The number of hydrogen-bond acceptors (Lipinski definition) is 6. The van der Waals surface area contributed by atoms with Crippen molar-refractivity contribution in [1.29, 1.82) is 0 Å². The van der Waals surface area contributed by atoms with Crippen molar-refractivity contribution in [2.75, 3.05) is 46.9 Å². The molecule has 1 aliphatic heterocycles. The van der Waals surface area contributed by atoms with Crippen LogP contribution in [0, 0.1) is 0 Å². The first kappa shape index (κ1) is 16.3. The molecule has 0 unspecified atom stereocenters. The molecule has 0 atom stereocenters. The third-order valence-corrected chi connectivity index (χ3v) is 3.61. The standard InChI is InChI=1S/C15H22N4O3/c1-18-6-8-19(9-7-18)11-14(20)17-16-10-12-4-3-5-13(22-2)15(12)21/h3-5,10,21H,6-9,11H2,1-2H3,(H,17,20)/b16-10-. The van der Waals surface area contributed by atoms with Crippen LogP contribution in [-0.2, 0) is 4.79 Å². The number of rotatable bonds is 5. The highest BCUT2D eigenvalue weighted by molar-refractivity contribution is 5.86. The molecule has 1 saturated heterocycles. The van der Waals surface area contributed by atoms with Gasteiger partial charge in [0.2, 0.25) is 0 Å². The second kappa shape index (κ2) is 7.77. The van der Waals surface area contributed by atoms with Gasteiger partial charge in [-0.1, -0.05) is 6.07 Å². The van der Waals surface area contributed by atoms with Crippen molar-refractivity contribution in [2.45, 2.75) is 0 Å². The fourth-order valence-corrected chi connectivity index (χ4v) is 2.23. The van der Waals surface area contributed by atoms with Gasteiger partial charge in [0.05, 0.1) is 19.9 Å². The van der Waals surface area contributed by atoms with E-state index in [0.29, 0.717) is 17.9 Å². The number of ether oxygens (including phenoxy) is 1. The van der Waals surface area contributed by atoms with E-state index in [0.717, 1.165) is 26.2 Å². The Bertz CT molecular complexity index is 540. The second-order valence-electron chi connectivity index (χ2n) is 5.27. The van der Waals surface area contributed by atoms with E-state index in [1.165, 1.54) is 13.3 Å². The monoisotopic (exact) mass is 306 g/mol. The molecule has 1 amide bonds. The number of likely N-dealkylation sites (N-methyl/N-ethyl adjacent to an activating group) is 1. The lowest BCUT2D eigenvalue weighted by Gasteiger charge is -2.31. The highest BCUT2D eigenvalue weighted by Crippen LogP contribution is 2.27. The van der Waals surface area contributed by atoms with Gasteiger partial charge in [-0.3, -0.25) is 9.69 Å². The van der Waals surface area contributed by atoms with E-state index >= 15 is 0 Å². The predicted molar refractivity (Wildman–Crippen MR) is 84.3 cm³/mol. The van der Waals surface area contributed by atoms with Crippen molar-refractivity contribution in [3.05, 3.63) is 23.8 Å². The Morgan fingerprint density at radius 3 is 2.82 bits per heavy atom. The molecular formula is C15H22N4O3. The number of carbonyl (C=O) groups excluding carboxylic acids is 1. The number of hydrazone groups is 1. The van der Waals surface area contributed by atoms with Crippen LogP contribution in [0.5, 0.6) is 11.5 Å². The third kappa shape index (κ3) is 4.44. The largest absolute Gasteiger partial charge is 0.504 e. The van der Waals surface area contributed by atoms with Crippen molar-refractivity contribution < 1.29 is 14.6 Å². The van der Waals surface area contributed by atoms with Crippen LogP contribution < -0.4 is 10.2 Å². The van der Waals surface area contributed by atoms with Crippen LogP contribution in [0.3, 0.4) is 0 Å². The number of aromatic hydroxyl groups is 1. The van der Waals surface area contributed by atoms with E-state index in [4.69, 9.17) is 4.74 Å². The van der Waals surface area contributed by atoms with Crippen LogP contribution >= 0.6 is 0 Å². The maximum Gasteiger partial charge on any atom is 0.254 e. The van der Waals surface area contributed by atoms with Crippen LogP contribution in [0.1, 0.15) is 5.56 Å². The number of phenolic OH excluding ortho intramolecular Hbond substituents is 1. The zero-order valence-corrected chi connectivity index (χ0v) is 13.0. The average molecular weight is 306 g/mol. The number of nitrogens with zero attached hydrogens (tertiary/aromatic N) is 3. The summed E-state index contributed by atoms with van der Waals surface area (Å²) in [5.74, 6) is 0.206. The maximum atomic E-state index is 11.8. The van der Waals surface area contributed by atoms with Crippen LogP contribution in [0.4, 0.5) is 0 Å². The third-order valence-electron chi connectivity index (χ3n) is 3.61. The summed E-state index contributed by atoms with van der Waals surface area (Å²) in [7, 11) is 3.55. The van der Waals surface area contributed by atoms with Gasteiger partial charge >= 0.3 is 0 Å². The molecule has 2 rings (SSSR count). The molecule has 7 heteroatoms. The zero-order valence-electron chi connectivity index (χ0n) is 13.0. The van der Waals surface area contributed by atoms with Gasteiger partial charge in [-0.25, -0.2) is 5.43 Å². The summed E-state index contributed by atoms with van der Waals surface area (Å²) in [6.45, 7) is 4.02. The molecule has 1 fully saturated rings. The van der Waals surface area contributed by atoms with Crippen LogP contribution in [0.15, 0.2) is 23.3 Å². The lowest BCUT2D eigenvalue weighted by Crippen LogP contribution is -2.47. The summed E-state index contributed by atoms with van der Waals surface area (Å²) in [5.41, 5.74) is 2.96. The number of hydrogen-bond donors (Lipinski definition) is 2. The van der Waals surface area contributed by atoms with Crippen molar-refractivity contribution in [3.8, 4) is 11.5 Å². The van der Waals surface area contributed by atoms with E-state index in [9.17, 15) is 9.90 Å². The van der Waals surface area contributed by atoms with E-state index in [2.05, 4.69) is 27.4 Å². The van der Waals surface area contributed by atoms with Gasteiger partial charge in [-0.05, 0) is 19.2 Å². The lowest BCUT2D eigenvalue weighted by atomic mass is 10.2. The minimum Gasteiger partial charge on any atom is -0.504 e. The summed E-state index contributed by atoms with van der Waals surface area (Å²) in [4.78, 5) is 16.1. The predicted octanol–water partition coefficient (Wildman–Crippen LogP) is 0.0983. The Morgan fingerprint density at radius 2 is 2.14 bits per heavy atom. The normalized spacial score (nSPS) is 16.8. The lowest BCUT2D eigenvalue weighted by molar-refractivity contribution is -0.122. The van der Waals surface area contributed by atoms with Gasteiger partial charge in [0, 0.05) is 31.7 Å². The van der Waals surface area contributed by atoms with Gasteiger partial charge in [0.15, 0.2) is 11.5 Å². The summed E-state index contributed by atoms with van der Waals surface area (Å²) in [6.07, 6.45) is 1.40. The van der Waals surface area contributed by atoms with Crippen molar-refractivity contribution >= 4 is 12.1 Å². The van der Waals surface area contributed by atoms with E-state index in [1.54, 1.807) is 18.2 Å². The first-order valence-corrected chi connectivity index (χ1v) is 7.19. The topological polar surface area (TPSA) is 77.4 Å². The molecule has 7 nitrogen and oxygen atoms in total. The number of methoxy groups -OCH3 is 1. The smallest absolute Gasteiger partial charge is 0.254 e. The van der Waals surface area contributed by atoms with Crippen LogP contribution in [-0.4, -0.2) is 73.9 Å². The van der Waals surface area contributed by atoms with E-state index in [-0.39, 0.29) is 11.7 Å². The Hall–Kier alpha value is -2.12. The number of amides is 1. The number of piperazine rings is 1. The van der Waals surface area contributed by atoms with Crippen molar-refractivity contribution in [2.24, 2.45) is 5.10 Å². The molecule has 0 bridgehead atoms. The fourth-order valence-electron chi connectivity index (χ4n) is 2.23. The zero-order chi connectivity index (χ0) is 15.9. The molecule has 0 saturated carbocycles. The van der Waals surface area contributed by atoms with Crippen molar-refractivity contribution in [1.82, 2.24) is 15.2 Å². The van der Waals surface area contributed by atoms with E-state index < -0.39 is 0 Å². The van der Waals surface area contributed by atoms with Gasteiger partial charge in [0.1, 0.15) is 0 Å². The molecule has 120 valence electrons. The highest BCUT2D eigenvalue weighted by Gasteiger charge is 2.16. The highest BCUT2D eigenvalue weighted by atomic mass is 16.5. The molecule has 0 radical (unpaired) electrons. The molecular weight excluding hydrogens is 284 g/mol. The van der Waals surface area contributed by atoms with Gasteiger partial charge < -0.3 is 14.7 Å². The summed E-state index contributed by atoms with van der Waals surface area (Å²) in [5, 5.41) is 13.8. The molecule has 2 N–H and O–H groups in total. The molecule has 1 heterocycles. The average Bonchev–Trinajstić information content (AvgIpc) is 2.51. The van der Waals surface area contributed by atoms with Gasteiger partial charge in [-0.2, -0.15) is 5.10 Å². The number of phenols is 1. The minimum absolute atomic E-state index is 0.00191. The Kier molecular flexibility index (Phi) is 5.74. The number of nitrogens with one attached hydrogen (secondary N) is 1. The Morgan fingerprint density at radius 1 is 1.41 bits per heavy atom. The number of benzene rings is 1. The summed E-state index contributed by atoms with van der Waals surface area (Å²) in [6, 6.07) is 5.08. The maximum absolute atomic E-state index is 11.8. The van der Waals surface area contributed by atoms with Gasteiger partial charge in [0.25, 0.3) is 5.91 Å². The number of para-hydroxylation sites is 1. The van der Waals surface area contributed by atoms with Gasteiger partial charge in [-0.15, -0.1) is 0 Å². The second-order valence-corrected chi connectivity index (χ2v) is 5.27. The Balaban J connectivity index is 1.83. The quantitative estimate of drug-likeness (QED) is 0.596. The molecule has 0 aliphatic carbocycles. The van der Waals surface area contributed by atoms with Crippen LogP contribution in [0.2, 0.25) is 0 Å². The first-order valence-electron chi connectivity index (χ1n) is 7.19. The van der Waals surface area contributed by atoms with E-state index in [1.807, 2.05) is 0 Å². The molecule has 1 aliphatic rings. The molecule has 0 spiro atoms. The Labute approximate surface area is 130 Å². The SMILES string of the molecule is COc1cccc(/C=N\NC(=O)CN2CCN(C)CC2)c1O. The molecule has 1 aromatic rings. The first-order chi connectivity index (χ1) is 10.6. The van der Waals surface area contributed by atoms with Crippen molar-refractivity contribution in [3.63, 3.8) is 0 Å². The van der Waals surface area contributed by atoms with Crippen LogP contribution in [0.25, 0.3) is 0 Å². The summed E-state index contributed by atoms with van der Waals surface area (Å²) < 4.78 is 5.01.